The molecule has 0 aromatic carbocycles. The summed E-state index contributed by atoms with van der Waals surface area (Å²) in [4.78, 5) is 0. The van der Waals surface area contributed by atoms with Crippen LogP contribution >= 0.6 is 0 Å². The van der Waals surface area contributed by atoms with Crippen molar-refractivity contribution in [1.82, 2.24) is 0 Å². The Morgan fingerprint density at radius 3 is 2.14 bits per heavy atom. The lowest BCUT2D eigenvalue weighted by molar-refractivity contribution is 0.802. The molecule has 0 amide bonds. The summed E-state index contributed by atoms with van der Waals surface area (Å²) in [6, 6.07) is 0.340. The minimum absolute atomic E-state index is 0.340. The zero-order valence-corrected chi connectivity index (χ0v) is 5.66. The molecule has 0 aliphatic rings. The number of terminal acetylenes is 1. The van der Waals surface area contributed by atoms with Crippen molar-refractivity contribution in [1.29, 1.82) is 0 Å². The van der Waals surface area contributed by atoms with Gasteiger partial charge in [0.15, 0.2) is 0 Å². The van der Waals surface area contributed by atoms with E-state index in [1.54, 1.807) is 13.1 Å². The second kappa shape index (κ2) is 2.13. The maximum absolute atomic E-state index is 12.4. The standard InChI is InChI=1S/C5H9FSi/c1-4-5-7(2,3)6/h1H,5H2,2-3H3. The summed E-state index contributed by atoms with van der Waals surface area (Å²) in [7, 11) is -2.39. The topological polar surface area (TPSA) is 0 Å². The van der Waals surface area contributed by atoms with Crippen molar-refractivity contribution in [2.24, 2.45) is 0 Å². The predicted octanol–water partition coefficient (Wildman–Crippen LogP) is 1.79. The first kappa shape index (κ1) is 6.71. The van der Waals surface area contributed by atoms with Crippen LogP contribution in [-0.4, -0.2) is 8.41 Å². The molecule has 0 unspecified atom stereocenters. The molecule has 0 radical (unpaired) electrons. The summed E-state index contributed by atoms with van der Waals surface area (Å²) in [6.45, 7) is 3.21. The van der Waals surface area contributed by atoms with Crippen LogP contribution in [0.2, 0.25) is 19.1 Å². The fraction of sp³-hybridized carbons (Fsp3) is 0.600. The van der Waals surface area contributed by atoms with E-state index in [0.29, 0.717) is 6.04 Å². The zero-order valence-electron chi connectivity index (χ0n) is 4.66. The minimum atomic E-state index is -2.39. The highest BCUT2D eigenvalue weighted by Crippen LogP contribution is 2.07. The fourth-order valence-electron chi connectivity index (χ4n) is 0.243. The zero-order chi connectivity index (χ0) is 5.91. The molecule has 0 heterocycles. The van der Waals surface area contributed by atoms with Crippen molar-refractivity contribution < 1.29 is 4.11 Å². The van der Waals surface area contributed by atoms with Gasteiger partial charge in [0, 0.05) is 6.04 Å². The van der Waals surface area contributed by atoms with E-state index < -0.39 is 8.41 Å². The molecule has 0 aromatic rings. The van der Waals surface area contributed by atoms with Crippen molar-refractivity contribution in [3.05, 3.63) is 0 Å². The molecule has 0 fully saturated rings. The Morgan fingerprint density at radius 1 is 1.71 bits per heavy atom. The number of rotatable bonds is 1. The Kier molecular flexibility index (Phi) is 2.04. The average molecular weight is 116 g/mol. The van der Waals surface area contributed by atoms with Gasteiger partial charge in [0.1, 0.15) is 0 Å². The lowest BCUT2D eigenvalue weighted by Crippen LogP contribution is -2.15. The average Bonchev–Trinajstić information content (AvgIpc) is 1.30. The van der Waals surface area contributed by atoms with Gasteiger partial charge >= 0.3 is 0 Å². The summed E-state index contributed by atoms with van der Waals surface area (Å²) in [5.74, 6) is 2.29. The highest BCUT2D eigenvalue weighted by molar-refractivity contribution is 6.71. The molecule has 0 N–H and O–H groups in total. The molecular formula is C5H9FSi. The molecule has 0 atom stereocenters. The van der Waals surface area contributed by atoms with Crippen LogP contribution in [0.4, 0.5) is 4.11 Å². The van der Waals surface area contributed by atoms with E-state index in [-0.39, 0.29) is 0 Å². The number of halogens is 1. The molecule has 2 heteroatoms. The SMILES string of the molecule is C#CC[Si](C)(C)F. The van der Waals surface area contributed by atoms with Gasteiger partial charge in [-0.15, -0.1) is 12.3 Å². The Hall–Kier alpha value is -0.293. The molecule has 0 bridgehead atoms. The third-order valence-corrected chi connectivity index (χ3v) is 1.57. The number of hydrogen-bond acceptors (Lipinski definition) is 0. The second-order valence-electron chi connectivity index (χ2n) is 2.10. The predicted molar refractivity (Wildman–Crippen MR) is 32.2 cm³/mol. The maximum Gasteiger partial charge on any atom is 0.252 e. The second-order valence-corrected chi connectivity index (χ2v) is 5.89. The molecule has 0 saturated carbocycles. The molecule has 0 saturated heterocycles. The van der Waals surface area contributed by atoms with E-state index in [1.807, 2.05) is 0 Å². The van der Waals surface area contributed by atoms with Gasteiger partial charge in [0.2, 0.25) is 0 Å². The van der Waals surface area contributed by atoms with E-state index in [1.165, 1.54) is 0 Å². The van der Waals surface area contributed by atoms with Gasteiger partial charge in [-0.2, -0.15) is 0 Å². The summed E-state index contributed by atoms with van der Waals surface area (Å²) in [5, 5.41) is 0. The van der Waals surface area contributed by atoms with Crippen molar-refractivity contribution in [3.8, 4) is 12.3 Å². The van der Waals surface area contributed by atoms with Gasteiger partial charge in [-0.05, 0) is 13.1 Å². The van der Waals surface area contributed by atoms with Gasteiger partial charge in [-0.1, -0.05) is 0 Å². The molecule has 0 aromatic heterocycles. The highest BCUT2D eigenvalue weighted by atomic mass is 28.4. The smallest absolute Gasteiger partial charge is 0.252 e. The Labute approximate surface area is 44.9 Å². The first-order valence-electron chi connectivity index (χ1n) is 2.18. The molecule has 0 aliphatic heterocycles. The van der Waals surface area contributed by atoms with E-state index in [2.05, 4.69) is 5.92 Å². The van der Waals surface area contributed by atoms with Crippen LogP contribution in [-0.2, 0) is 0 Å². The summed E-state index contributed by atoms with van der Waals surface area (Å²) in [5.41, 5.74) is 0. The van der Waals surface area contributed by atoms with Crippen LogP contribution in [0, 0.1) is 12.3 Å². The van der Waals surface area contributed by atoms with Crippen LogP contribution in [0.15, 0.2) is 0 Å². The normalized spacial score (nSPS) is 10.6. The Morgan fingerprint density at radius 2 is 2.14 bits per heavy atom. The molecule has 0 nitrogen and oxygen atoms in total. The van der Waals surface area contributed by atoms with E-state index >= 15 is 0 Å². The number of hydrogen-bond donors (Lipinski definition) is 0. The van der Waals surface area contributed by atoms with Crippen LogP contribution in [0.5, 0.6) is 0 Å². The Balaban J connectivity index is 3.40. The molecule has 7 heavy (non-hydrogen) atoms. The van der Waals surface area contributed by atoms with Crippen molar-refractivity contribution in [3.63, 3.8) is 0 Å². The first-order valence-corrected chi connectivity index (χ1v) is 5.27. The maximum atomic E-state index is 12.4. The molecular weight excluding hydrogens is 107 g/mol. The van der Waals surface area contributed by atoms with Crippen LogP contribution in [0.25, 0.3) is 0 Å². The summed E-state index contributed by atoms with van der Waals surface area (Å²) < 4.78 is 12.4. The van der Waals surface area contributed by atoms with Gasteiger partial charge in [-0.3, -0.25) is 0 Å². The van der Waals surface area contributed by atoms with Crippen molar-refractivity contribution >= 4 is 8.41 Å². The van der Waals surface area contributed by atoms with Crippen molar-refractivity contribution in [2.75, 3.05) is 0 Å². The van der Waals surface area contributed by atoms with Crippen molar-refractivity contribution in [2.45, 2.75) is 19.1 Å². The van der Waals surface area contributed by atoms with Gasteiger partial charge in [0.25, 0.3) is 8.41 Å². The van der Waals surface area contributed by atoms with Gasteiger partial charge in [-0.25, -0.2) is 0 Å². The third kappa shape index (κ3) is 5.71. The Bertz CT molecular complexity index is 85.2. The quantitative estimate of drug-likeness (QED) is 0.278. The lowest BCUT2D eigenvalue weighted by atomic mass is 10.8. The monoisotopic (exact) mass is 116 g/mol. The molecule has 0 rings (SSSR count). The largest absolute Gasteiger partial charge is 0.313 e. The first-order chi connectivity index (χ1) is 3.06. The van der Waals surface area contributed by atoms with Gasteiger partial charge < -0.3 is 4.11 Å². The van der Waals surface area contributed by atoms with E-state index in [0.717, 1.165) is 0 Å². The van der Waals surface area contributed by atoms with Gasteiger partial charge in [0.05, 0.1) is 0 Å². The van der Waals surface area contributed by atoms with Crippen LogP contribution in [0.1, 0.15) is 0 Å². The minimum Gasteiger partial charge on any atom is -0.313 e. The highest BCUT2D eigenvalue weighted by Gasteiger charge is 2.17. The lowest BCUT2D eigenvalue weighted by Gasteiger charge is -2.02. The summed E-state index contributed by atoms with van der Waals surface area (Å²) in [6.07, 6.45) is 4.86. The van der Waals surface area contributed by atoms with E-state index in [4.69, 9.17) is 6.42 Å². The van der Waals surface area contributed by atoms with Crippen LogP contribution in [0.3, 0.4) is 0 Å². The molecule has 0 aliphatic carbocycles. The third-order valence-electron chi connectivity index (χ3n) is 0.522. The van der Waals surface area contributed by atoms with E-state index in [9.17, 15) is 4.11 Å². The fourth-order valence-corrected chi connectivity index (χ4v) is 0.728. The van der Waals surface area contributed by atoms with Crippen LogP contribution < -0.4 is 0 Å². The molecule has 40 valence electrons. The molecule has 0 spiro atoms. The summed E-state index contributed by atoms with van der Waals surface area (Å²) >= 11 is 0.